The summed E-state index contributed by atoms with van der Waals surface area (Å²) in [6.45, 7) is 2.35. The lowest BCUT2D eigenvalue weighted by atomic mass is 10.3. The molecule has 1 rings (SSSR count). The van der Waals surface area contributed by atoms with Crippen LogP contribution in [0.4, 0.5) is 4.79 Å². The van der Waals surface area contributed by atoms with E-state index < -0.39 is 21.4 Å². The van der Waals surface area contributed by atoms with Crippen LogP contribution in [-0.2, 0) is 14.8 Å². The first kappa shape index (κ1) is 14.2. The van der Waals surface area contributed by atoms with Crippen molar-refractivity contribution >= 4 is 16.1 Å². The summed E-state index contributed by atoms with van der Waals surface area (Å²) in [5, 5.41) is 1.99. The van der Waals surface area contributed by atoms with Crippen LogP contribution in [-0.4, -0.2) is 56.9 Å². The van der Waals surface area contributed by atoms with Gasteiger partial charge in [0.2, 0.25) is 10.0 Å². The van der Waals surface area contributed by atoms with Gasteiger partial charge in [0.15, 0.2) is 0 Å². The summed E-state index contributed by atoms with van der Waals surface area (Å²) in [4.78, 5) is 11.0. The minimum atomic E-state index is -3.35. The van der Waals surface area contributed by atoms with Gasteiger partial charge in [-0.2, -0.15) is 4.31 Å². The molecule has 1 aliphatic rings. The molecule has 1 saturated heterocycles. The summed E-state index contributed by atoms with van der Waals surface area (Å²) in [5.74, 6) is 0. The van der Waals surface area contributed by atoms with Gasteiger partial charge in [-0.3, -0.25) is 0 Å². The predicted octanol–water partition coefficient (Wildman–Crippen LogP) is -0.906. The Bertz CT molecular complexity index is 370. The fourth-order valence-electron chi connectivity index (χ4n) is 1.68. The van der Waals surface area contributed by atoms with E-state index in [1.807, 2.05) is 0 Å². The van der Waals surface area contributed by atoms with Crippen LogP contribution in [0.5, 0.6) is 0 Å². The highest BCUT2D eigenvalue weighted by atomic mass is 32.2. The van der Waals surface area contributed by atoms with Crippen LogP contribution in [0.2, 0.25) is 0 Å². The van der Waals surface area contributed by atoms with Gasteiger partial charge in [-0.05, 0) is 13.3 Å². The molecule has 2 atom stereocenters. The molecule has 3 N–H and O–H groups in total. The molecule has 100 valence electrons. The number of nitrogens with zero attached hydrogens (tertiary/aromatic N) is 1. The van der Waals surface area contributed by atoms with Crippen molar-refractivity contribution in [2.75, 3.05) is 26.7 Å². The van der Waals surface area contributed by atoms with Gasteiger partial charge in [0.1, 0.15) is 0 Å². The molecule has 0 saturated carbocycles. The van der Waals surface area contributed by atoms with Crippen molar-refractivity contribution in [2.45, 2.75) is 24.6 Å². The van der Waals surface area contributed by atoms with Gasteiger partial charge in [0, 0.05) is 25.7 Å². The molecule has 0 aromatic carbocycles. The highest BCUT2D eigenvalue weighted by Gasteiger charge is 2.34. The number of nitrogens with two attached hydrogens (primary N) is 1. The highest BCUT2D eigenvalue weighted by molar-refractivity contribution is 7.89. The number of ether oxygens (including phenoxy) is 1. The molecule has 17 heavy (non-hydrogen) atoms. The van der Waals surface area contributed by atoms with Gasteiger partial charge in [-0.1, -0.05) is 0 Å². The number of carbonyl (C=O) groups excluding carboxylic acids is 1. The van der Waals surface area contributed by atoms with Gasteiger partial charge in [-0.25, -0.2) is 13.2 Å². The monoisotopic (exact) mass is 265 g/mol. The molecule has 0 aromatic heterocycles. The molecule has 1 aliphatic heterocycles. The molecule has 0 radical (unpaired) electrons. The molecular formula is C9H19N3O4S. The van der Waals surface area contributed by atoms with Crippen LogP contribution in [0.3, 0.4) is 0 Å². The molecule has 2 unspecified atom stereocenters. The second-order valence-electron chi connectivity index (χ2n) is 4.07. The Balaban J connectivity index is 2.59. The van der Waals surface area contributed by atoms with Gasteiger partial charge in [0.25, 0.3) is 0 Å². The highest BCUT2D eigenvalue weighted by Crippen LogP contribution is 2.17. The lowest BCUT2D eigenvalue weighted by Crippen LogP contribution is -2.42. The average Bonchev–Trinajstić information content (AvgIpc) is 2.76. The standard InChI is InChI=1S/C9H19N3O4S/c1-7(5-10)17(14,15)12-4-3-8(6-12)11-9(13)16-2/h7-8H,3-6,10H2,1-2H3,(H,11,13). The molecule has 1 amide bonds. The summed E-state index contributed by atoms with van der Waals surface area (Å²) < 4.78 is 29.8. The number of nitrogens with one attached hydrogen (secondary N) is 1. The topological polar surface area (TPSA) is 102 Å². The van der Waals surface area contributed by atoms with Crippen molar-refractivity contribution in [3.63, 3.8) is 0 Å². The van der Waals surface area contributed by atoms with Crippen molar-refractivity contribution < 1.29 is 17.9 Å². The fourth-order valence-corrected chi connectivity index (χ4v) is 3.18. The Morgan fingerprint density at radius 2 is 2.29 bits per heavy atom. The number of sulfonamides is 1. The first-order valence-electron chi connectivity index (χ1n) is 5.45. The van der Waals surface area contributed by atoms with Crippen molar-refractivity contribution in [3.8, 4) is 0 Å². The number of hydrogen-bond acceptors (Lipinski definition) is 5. The third-order valence-electron chi connectivity index (χ3n) is 2.86. The van der Waals surface area contributed by atoms with Gasteiger partial charge >= 0.3 is 6.09 Å². The van der Waals surface area contributed by atoms with Crippen LogP contribution in [0, 0.1) is 0 Å². The van der Waals surface area contributed by atoms with Crippen LogP contribution < -0.4 is 11.1 Å². The predicted molar refractivity (Wildman–Crippen MR) is 63.0 cm³/mol. The Morgan fingerprint density at radius 3 is 2.82 bits per heavy atom. The van der Waals surface area contributed by atoms with E-state index in [0.717, 1.165) is 0 Å². The quantitative estimate of drug-likeness (QED) is 0.685. The number of hydrogen-bond donors (Lipinski definition) is 2. The van der Waals surface area contributed by atoms with E-state index in [9.17, 15) is 13.2 Å². The maximum atomic E-state index is 12.0. The second-order valence-corrected chi connectivity index (χ2v) is 6.42. The summed E-state index contributed by atoms with van der Waals surface area (Å²) in [7, 11) is -2.07. The zero-order valence-electron chi connectivity index (χ0n) is 10.0. The smallest absolute Gasteiger partial charge is 0.407 e. The zero-order chi connectivity index (χ0) is 13.1. The number of methoxy groups -OCH3 is 1. The number of carbonyl (C=O) groups is 1. The minimum absolute atomic E-state index is 0.0912. The summed E-state index contributed by atoms with van der Waals surface area (Å²) in [5.41, 5.74) is 5.37. The lowest BCUT2D eigenvalue weighted by Gasteiger charge is -2.20. The van der Waals surface area contributed by atoms with Crippen LogP contribution in [0.25, 0.3) is 0 Å². The molecule has 8 heteroatoms. The number of alkyl carbamates (subject to hydrolysis) is 1. The van der Waals surface area contributed by atoms with Crippen molar-refractivity contribution in [1.82, 2.24) is 9.62 Å². The SMILES string of the molecule is COC(=O)NC1CCN(S(=O)(=O)C(C)CN)C1. The van der Waals surface area contributed by atoms with Gasteiger partial charge in [-0.15, -0.1) is 0 Å². The summed E-state index contributed by atoms with van der Waals surface area (Å²) >= 11 is 0. The molecule has 0 spiro atoms. The Labute approximate surface area is 101 Å². The van der Waals surface area contributed by atoms with E-state index in [2.05, 4.69) is 10.1 Å². The van der Waals surface area contributed by atoms with Crippen molar-refractivity contribution in [2.24, 2.45) is 5.73 Å². The maximum Gasteiger partial charge on any atom is 0.407 e. The molecule has 1 heterocycles. The zero-order valence-corrected chi connectivity index (χ0v) is 10.9. The molecule has 0 bridgehead atoms. The van der Waals surface area contributed by atoms with E-state index in [1.54, 1.807) is 6.92 Å². The Morgan fingerprint density at radius 1 is 1.65 bits per heavy atom. The molecule has 1 fully saturated rings. The van der Waals surface area contributed by atoms with Crippen molar-refractivity contribution in [3.05, 3.63) is 0 Å². The molecule has 0 aliphatic carbocycles. The van der Waals surface area contributed by atoms with E-state index in [0.29, 0.717) is 13.0 Å². The van der Waals surface area contributed by atoms with E-state index in [1.165, 1.54) is 11.4 Å². The van der Waals surface area contributed by atoms with Crippen LogP contribution >= 0.6 is 0 Å². The third kappa shape index (κ3) is 3.30. The Hall–Kier alpha value is -0.860. The van der Waals surface area contributed by atoms with Crippen LogP contribution in [0.1, 0.15) is 13.3 Å². The number of rotatable bonds is 4. The first-order valence-corrected chi connectivity index (χ1v) is 6.95. The fraction of sp³-hybridized carbons (Fsp3) is 0.889. The molecule has 7 nitrogen and oxygen atoms in total. The number of amides is 1. The maximum absolute atomic E-state index is 12.0. The third-order valence-corrected chi connectivity index (χ3v) is 5.12. The van der Waals surface area contributed by atoms with Crippen LogP contribution in [0.15, 0.2) is 0 Å². The van der Waals surface area contributed by atoms with Gasteiger partial charge < -0.3 is 15.8 Å². The minimum Gasteiger partial charge on any atom is -0.453 e. The summed E-state index contributed by atoms with van der Waals surface area (Å²) in [6, 6.07) is -0.192. The van der Waals surface area contributed by atoms with Crippen molar-refractivity contribution in [1.29, 1.82) is 0 Å². The van der Waals surface area contributed by atoms with E-state index in [4.69, 9.17) is 5.73 Å². The van der Waals surface area contributed by atoms with E-state index in [-0.39, 0.29) is 19.1 Å². The second kappa shape index (κ2) is 5.65. The summed E-state index contributed by atoms with van der Waals surface area (Å²) in [6.07, 6.45) is 0.0483. The lowest BCUT2D eigenvalue weighted by molar-refractivity contribution is 0.167. The first-order chi connectivity index (χ1) is 7.91. The molecular weight excluding hydrogens is 246 g/mol. The Kier molecular flexibility index (Phi) is 4.72. The van der Waals surface area contributed by atoms with Gasteiger partial charge in [0.05, 0.1) is 12.4 Å². The normalized spacial score (nSPS) is 23.4. The molecule has 0 aromatic rings. The van der Waals surface area contributed by atoms with E-state index >= 15 is 0 Å². The average molecular weight is 265 g/mol. The largest absolute Gasteiger partial charge is 0.453 e.